The molecule has 24 heavy (non-hydrogen) atoms. The van der Waals surface area contributed by atoms with Crippen LogP contribution in [0, 0.1) is 0 Å². The lowest BCUT2D eigenvalue weighted by atomic mass is 9.90. The third kappa shape index (κ3) is 2.78. The first-order chi connectivity index (χ1) is 10.3. The Hall–Kier alpha value is -0.990. The summed E-state index contributed by atoms with van der Waals surface area (Å²) in [5.41, 5.74) is 0. The molecule has 2 N–H and O–H groups in total. The molecule has 0 rings (SSSR count). The van der Waals surface area contributed by atoms with Crippen LogP contribution in [0.1, 0.15) is 0 Å². The Labute approximate surface area is 123 Å². The van der Waals surface area contributed by atoms with E-state index in [1.165, 1.54) is 0 Å². The van der Waals surface area contributed by atoms with Crippen LogP contribution in [-0.4, -0.2) is 65.1 Å². The summed E-state index contributed by atoms with van der Waals surface area (Å²) in [6.07, 6.45) is -4.61. The highest BCUT2D eigenvalue weighted by atomic mass is 19.4. The Morgan fingerprint density at radius 3 is 1.21 bits per heavy atom. The predicted octanol–water partition coefficient (Wildman–Crippen LogP) is 3.12. The normalized spacial score (nSPS) is 17.1. The number of aliphatic hydroxyl groups excluding tert-OH is 2. The summed E-state index contributed by atoms with van der Waals surface area (Å²) < 4.78 is 167. The van der Waals surface area contributed by atoms with Crippen molar-refractivity contribution >= 4 is 0 Å². The first kappa shape index (κ1) is 23.0. The fourth-order valence-corrected chi connectivity index (χ4v) is 1.24. The molecule has 1 atom stereocenters. The minimum atomic E-state index is -7.91. The average Bonchev–Trinajstić information content (AvgIpc) is 2.44. The lowest BCUT2D eigenvalue weighted by Crippen LogP contribution is -2.72. The lowest BCUT2D eigenvalue weighted by Gasteiger charge is -2.41. The summed E-state index contributed by atoms with van der Waals surface area (Å²) in [4.78, 5) is 0. The van der Waals surface area contributed by atoms with Crippen molar-refractivity contribution in [1.82, 2.24) is 0 Å². The molecule has 0 heterocycles. The summed E-state index contributed by atoms with van der Waals surface area (Å²) >= 11 is 0. The van der Waals surface area contributed by atoms with Crippen molar-refractivity contribution in [1.29, 1.82) is 0 Å². The van der Waals surface area contributed by atoms with Crippen molar-refractivity contribution in [3.05, 3.63) is 0 Å². The van der Waals surface area contributed by atoms with Gasteiger partial charge in [-0.15, -0.1) is 0 Å². The van der Waals surface area contributed by atoms with Gasteiger partial charge in [0.2, 0.25) is 0 Å². The van der Waals surface area contributed by atoms with Gasteiger partial charge in [-0.3, -0.25) is 0 Å². The second-order valence-electron chi connectivity index (χ2n) is 4.43. The summed E-state index contributed by atoms with van der Waals surface area (Å²) in [7, 11) is 0. The summed E-state index contributed by atoms with van der Waals surface area (Å²) in [5, 5.41) is 15.7. The van der Waals surface area contributed by atoms with E-state index in [1.54, 1.807) is 0 Å². The fraction of sp³-hybridized carbons (Fsp3) is 1.00. The fourth-order valence-electron chi connectivity index (χ4n) is 1.24. The molecule has 0 saturated carbocycles. The van der Waals surface area contributed by atoms with Crippen LogP contribution in [-0.2, 0) is 0 Å². The van der Waals surface area contributed by atoms with Crippen LogP contribution >= 0.6 is 0 Å². The zero-order chi connectivity index (χ0) is 20.0. The number of hydrogen-bond donors (Lipinski definition) is 2. The quantitative estimate of drug-likeness (QED) is 0.622. The molecule has 0 saturated heterocycles. The van der Waals surface area contributed by atoms with Crippen molar-refractivity contribution in [3.8, 4) is 0 Å². The Kier molecular flexibility index (Phi) is 5.82. The molecule has 0 amide bonds. The van der Waals surface area contributed by atoms with E-state index in [-0.39, 0.29) is 0 Å². The van der Waals surface area contributed by atoms with E-state index in [0.717, 1.165) is 0 Å². The molecule has 0 spiro atoms. The minimum Gasteiger partial charge on any atom is -0.393 e. The summed E-state index contributed by atoms with van der Waals surface area (Å²) in [5.74, 6) is -44.1. The molecule has 0 aromatic rings. The molecule has 0 bridgehead atoms. The maximum Gasteiger partial charge on any atom is 0.384 e. The van der Waals surface area contributed by atoms with Crippen molar-refractivity contribution in [3.63, 3.8) is 0 Å². The van der Waals surface area contributed by atoms with Crippen molar-refractivity contribution < 1.29 is 67.3 Å². The molecule has 0 aliphatic heterocycles. The number of rotatable bonds is 8. The average molecular weight is 394 g/mol. The number of alkyl halides is 13. The molecule has 0 aromatic heterocycles. The van der Waals surface area contributed by atoms with Crippen molar-refractivity contribution in [2.45, 2.75) is 41.7 Å². The molecule has 146 valence electrons. The second-order valence-corrected chi connectivity index (χ2v) is 4.43. The van der Waals surface area contributed by atoms with Crippen LogP contribution in [0.4, 0.5) is 57.1 Å². The number of hydrogen-bond acceptors (Lipinski definition) is 2. The van der Waals surface area contributed by atoms with Gasteiger partial charge in [0.25, 0.3) is 0 Å². The molecule has 1 unspecified atom stereocenters. The topological polar surface area (TPSA) is 40.5 Å². The SMILES string of the molecule is OCC(F)C(F)(F)C(F)(F)C(F)(F)C(F)(F)C(F)(F)C(F)(F)CO. The number of halogens is 13. The van der Waals surface area contributed by atoms with Crippen LogP contribution in [0.15, 0.2) is 0 Å². The first-order valence-corrected chi connectivity index (χ1v) is 5.42. The van der Waals surface area contributed by atoms with Gasteiger partial charge < -0.3 is 10.2 Å². The Balaban J connectivity index is 6.30. The maximum absolute atomic E-state index is 13.0. The van der Waals surface area contributed by atoms with Crippen LogP contribution in [0.3, 0.4) is 0 Å². The minimum absolute atomic E-state index is 2.60. The smallest absolute Gasteiger partial charge is 0.384 e. The predicted molar refractivity (Wildman–Crippen MR) is 48.7 cm³/mol. The van der Waals surface area contributed by atoms with E-state index < -0.39 is 54.9 Å². The second kappa shape index (κ2) is 6.07. The standard InChI is InChI=1S/C9H7F13O2/c10-3(1-23)5(13,14)7(17,18)9(21,22)8(19,20)6(15,16)4(11,12)2-24/h3,23-24H,1-2H2. The van der Waals surface area contributed by atoms with Gasteiger partial charge in [-0.05, 0) is 0 Å². The van der Waals surface area contributed by atoms with E-state index >= 15 is 0 Å². The molecule has 0 fully saturated rings. The van der Waals surface area contributed by atoms with E-state index in [9.17, 15) is 57.1 Å². The van der Waals surface area contributed by atoms with Crippen LogP contribution in [0.25, 0.3) is 0 Å². The van der Waals surface area contributed by atoms with Gasteiger partial charge in [0.15, 0.2) is 6.17 Å². The Morgan fingerprint density at radius 1 is 0.583 bits per heavy atom. The largest absolute Gasteiger partial charge is 0.393 e. The van der Waals surface area contributed by atoms with Gasteiger partial charge >= 0.3 is 35.5 Å². The molecular weight excluding hydrogens is 387 g/mol. The van der Waals surface area contributed by atoms with Gasteiger partial charge in [0.1, 0.15) is 6.61 Å². The molecular formula is C9H7F13O2. The Bertz CT molecular complexity index is 447. The van der Waals surface area contributed by atoms with Gasteiger partial charge in [-0.1, -0.05) is 0 Å². The summed E-state index contributed by atoms with van der Waals surface area (Å²) in [6.45, 7) is -5.83. The van der Waals surface area contributed by atoms with Gasteiger partial charge in [0.05, 0.1) is 6.61 Å². The monoisotopic (exact) mass is 394 g/mol. The Morgan fingerprint density at radius 2 is 0.917 bits per heavy atom. The molecule has 15 heteroatoms. The molecule has 0 radical (unpaired) electrons. The van der Waals surface area contributed by atoms with E-state index in [2.05, 4.69) is 0 Å². The van der Waals surface area contributed by atoms with Gasteiger partial charge in [-0.2, -0.15) is 52.7 Å². The van der Waals surface area contributed by atoms with E-state index in [1.807, 2.05) is 0 Å². The zero-order valence-electron chi connectivity index (χ0n) is 10.8. The first-order valence-electron chi connectivity index (χ1n) is 5.42. The highest BCUT2D eigenvalue weighted by molar-refractivity contribution is 5.12. The lowest BCUT2D eigenvalue weighted by molar-refractivity contribution is -0.430. The molecule has 0 aliphatic carbocycles. The van der Waals surface area contributed by atoms with E-state index in [0.29, 0.717) is 0 Å². The van der Waals surface area contributed by atoms with E-state index in [4.69, 9.17) is 10.2 Å². The highest BCUT2D eigenvalue weighted by Gasteiger charge is 2.90. The molecule has 0 aliphatic rings. The van der Waals surface area contributed by atoms with Crippen molar-refractivity contribution in [2.75, 3.05) is 13.2 Å². The van der Waals surface area contributed by atoms with Crippen LogP contribution < -0.4 is 0 Å². The molecule has 0 aromatic carbocycles. The van der Waals surface area contributed by atoms with Gasteiger partial charge in [-0.25, -0.2) is 4.39 Å². The highest BCUT2D eigenvalue weighted by Crippen LogP contribution is 2.60. The maximum atomic E-state index is 13.0. The summed E-state index contributed by atoms with van der Waals surface area (Å²) in [6, 6.07) is 0. The molecule has 2 nitrogen and oxygen atoms in total. The third-order valence-electron chi connectivity index (χ3n) is 2.81. The third-order valence-corrected chi connectivity index (χ3v) is 2.81. The van der Waals surface area contributed by atoms with Crippen LogP contribution in [0.2, 0.25) is 0 Å². The van der Waals surface area contributed by atoms with Crippen LogP contribution in [0.5, 0.6) is 0 Å². The van der Waals surface area contributed by atoms with Crippen molar-refractivity contribution in [2.24, 2.45) is 0 Å². The van der Waals surface area contributed by atoms with Gasteiger partial charge in [0, 0.05) is 0 Å². The number of aliphatic hydroxyl groups is 2. The zero-order valence-corrected chi connectivity index (χ0v) is 10.8.